The lowest BCUT2D eigenvalue weighted by Crippen LogP contribution is -2.28. The fraction of sp³-hybridized carbons (Fsp3) is 0.400. The van der Waals surface area contributed by atoms with E-state index in [1.165, 1.54) is 11.1 Å². The number of hydrogen-bond donors (Lipinski definition) is 2. The molecule has 3 aliphatic rings. The summed E-state index contributed by atoms with van der Waals surface area (Å²) in [5.41, 5.74) is 7.21. The van der Waals surface area contributed by atoms with Gasteiger partial charge >= 0.3 is 6.16 Å². The molecule has 1 atom stereocenters. The highest BCUT2D eigenvalue weighted by molar-refractivity contribution is 7.86. The Labute approximate surface area is 372 Å². The summed E-state index contributed by atoms with van der Waals surface area (Å²) >= 11 is 0. The van der Waals surface area contributed by atoms with Gasteiger partial charge in [0.2, 0.25) is 5.69 Å². The first kappa shape index (κ1) is 45.9. The number of anilines is 1. The minimum Gasteiger partial charge on any atom is -0.431 e. The Hall–Kier alpha value is -5.08. The summed E-state index contributed by atoms with van der Waals surface area (Å²) < 4.78 is 79.2. The molecule has 0 amide bonds. The van der Waals surface area contributed by atoms with Gasteiger partial charge in [-0.15, -0.1) is 0 Å². The average Bonchev–Trinajstić information content (AvgIpc) is 3.78. The standard InChI is InChI=1S/C50H58N2O9S2/c1-7-34(2)60-48(53)61-47-37(24-28-43-49(3,4)45-39-18-10-8-16-35(39)22-26-41(45)51(43)30-12-14-32-62(54,55)56)20-21-38(47)25-29-44-50(5,6)46-40-19-11-9-17-36(40)23-27-42(46)52(44)31-13-15-33-63(57,58)59/h8-11,16-19,22-29,34H,7,12-15,20-21,30-33H2,1-6H3,(H-,54,55,56,57,58,59)/p+1. The molecule has 11 nitrogen and oxygen atoms in total. The van der Waals surface area contributed by atoms with Crippen LogP contribution in [0.1, 0.15) is 97.6 Å². The van der Waals surface area contributed by atoms with E-state index in [2.05, 4.69) is 97.9 Å². The van der Waals surface area contributed by atoms with E-state index in [9.17, 15) is 30.7 Å². The van der Waals surface area contributed by atoms with Crippen molar-refractivity contribution in [3.8, 4) is 0 Å². The van der Waals surface area contributed by atoms with Gasteiger partial charge in [0.25, 0.3) is 20.2 Å². The zero-order chi connectivity index (χ0) is 45.3. The van der Waals surface area contributed by atoms with E-state index in [0.717, 1.165) is 55.5 Å². The van der Waals surface area contributed by atoms with Crippen LogP contribution in [0.2, 0.25) is 0 Å². The van der Waals surface area contributed by atoms with Crippen molar-refractivity contribution < 1.29 is 44.8 Å². The van der Waals surface area contributed by atoms with Gasteiger partial charge in [0.05, 0.1) is 16.9 Å². The second kappa shape index (κ2) is 18.2. The van der Waals surface area contributed by atoms with Gasteiger partial charge in [0.15, 0.2) is 5.71 Å². The third-order valence-corrected chi connectivity index (χ3v) is 14.4. The highest BCUT2D eigenvalue weighted by Crippen LogP contribution is 2.51. The van der Waals surface area contributed by atoms with E-state index in [1.807, 2.05) is 50.3 Å². The molecule has 2 heterocycles. The average molecular weight is 896 g/mol. The Balaban J connectivity index is 1.30. The van der Waals surface area contributed by atoms with Gasteiger partial charge in [-0.25, -0.2) is 4.79 Å². The normalized spacial score (nSPS) is 19.0. The second-order valence-electron chi connectivity index (χ2n) is 17.9. The topological polar surface area (TPSA) is 151 Å². The van der Waals surface area contributed by atoms with Gasteiger partial charge in [-0.2, -0.15) is 21.4 Å². The van der Waals surface area contributed by atoms with E-state index in [4.69, 9.17) is 9.47 Å². The summed E-state index contributed by atoms with van der Waals surface area (Å²) in [4.78, 5) is 15.6. The molecule has 0 radical (unpaired) electrons. The van der Waals surface area contributed by atoms with Crippen LogP contribution in [0.3, 0.4) is 0 Å². The van der Waals surface area contributed by atoms with Crippen LogP contribution in [0, 0.1) is 0 Å². The number of allylic oxidation sites excluding steroid dienone is 7. The first-order valence-corrected chi connectivity index (χ1v) is 25.1. The zero-order valence-electron chi connectivity index (χ0n) is 37.1. The van der Waals surface area contributed by atoms with Crippen molar-refractivity contribution in [3.63, 3.8) is 0 Å². The van der Waals surface area contributed by atoms with Gasteiger partial charge < -0.3 is 14.4 Å². The number of unbranched alkanes of at least 4 members (excludes halogenated alkanes) is 2. The Morgan fingerprint density at radius 1 is 0.778 bits per heavy atom. The molecule has 2 aliphatic heterocycles. The molecule has 334 valence electrons. The summed E-state index contributed by atoms with van der Waals surface area (Å²) in [5.74, 6) is -0.178. The molecule has 4 aromatic rings. The highest BCUT2D eigenvalue weighted by Gasteiger charge is 2.46. The lowest BCUT2D eigenvalue weighted by Gasteiger charge is -2.27. The van der Waals surface area contributed by atoms with Crippen molar-refractivity contribution in [3.05, 3.63) is 131 Å². The third-order valence-electron chi connectivity index (χ3n) is 12.8. The molecular weight excluding hydrogens is 837 g/mol. The molecule has 0 saturated heterocycles. The minimum atomic E-state index is -4.09. The number of carbonyl (C=O) groups is 1. The summed E-state index contributed by atoms with van der Waals surface area (Å²) in [6.07, 6.45) is 10.6. The molecular formula is C50H59N2O9S2+. The number of fused-ring (bicyclic) bond motifs is 6. The van der Waals surface area contributed by atoms with Crippen molar-refractivity contribution >= 4 is 65.0 Å². The maximum atomic E-state index is 13.4. The van der Waals surface area contributed by atoms with Crippen molar-refractivity contribution in [2.75, 3.05) is 29.5 Å². The molecule has 0 bridgehead atoms. The summed E-state index contributed by atoms with van der Waals surface area (Å²) in [5, 5.41) is 4.52. The van der Waals surface area contributed by atoms with Gasteiger partial charge in [0, 0.05) is 47.5 Å². The van der Waals surface area contributed by atoms with Crippen LogP contribution < -0.4 is 4.90 Å². The molecule has 7 rings (SSSR count). The fourth-order valence-corrected chi connectivity index (χ4v) is 10.7. The first-order chi connectivity index (χ1) is 29.8. The van der Waals surface area contributed by atoms with Crippen LogP contribution in [-0.4, -0.2) is 73.1 Å². The molecule has 13 heteroatoms. The summed E-state index contributed by atoms with van der Waals surface area (Å²) in [6, 6.07) is 25.0. The van der Waals surface area contributed by atoms with Crippen LogP contribution >= 0.6 is 0 Å². The maximum absolute atomic E-state index is 13.4. The molecule has 0 spiro atoms. The van der Waals surface area contributed by atoms with Gasteiger partial charge in [-0.1, -0.05) is 81.4 Å². The van der Waals surface area contributed by atoms with Crippen LogP contribution in [-0.2, 0) is 40.5 Å². The van der Waals surface area contributed by atoms with Crippen molar-refractivity contribution in [2.45, 2.75) is 103 Å². The first-order valence-electron chi connectivity index (χ1n) is 21.9. The number of ether oxygens (including phenoxy) is 2. The molecule has 0 fully saturated rings. The Morgan fingerprint density at radius 2 is 1.40 bits per heavy atom. The quantitative estimate of drug-likeness (QED) is 0.0481. The molecule has 1 aliphatic carbocycles. The molecule has 2 N–H and O–H groups in total. The SMILES string of the molecule is CCC(C)OC(=O)OC1=C(C=CC2=[N+](CCCCS(=O)(=O)O)c3ccc4ccccc4c3C2(C)C)CCC1=CC=C1N(CCCCS(=O)(=O)O)c2ccc3ccccc3c2C1(C)C. The highest BCUT2D eigenvalue weighted by atomic mass is 32.2. The fourth-order valence-electron chi connectivity index (χ4n) is 9.53. The largest absolute Gasteiger partial charge is 0.514 e. The maximum Gasteiger partial charge on any atom is 0.514 e. The van der Waals surface area contributed by atoms with Crippen LogP contribution in [0.5, 0.6) is 0 Å². The zero-order valence-corrected chi connectivity index (χ0v) is 38.7. The van der Waals surface area contributed by atoms with Gasteiger partial charge in [0.1, 0.15) is 18.4 Å². The van der Waals surface area contributed by atoms with Gasteiger partial charge in [-0.05, 0) is 122 Å². The second-order valence-corrected chi connectivity index (χ2v) is 21.1. The molecule has 0 saturated carbocycles. The van der Waals surface area contributed by atoms with Crippen LogP contribution in [0.4, 0.5) is 16.2 Å². The summed E-state index contributed by atoms with van der Waals surface area (Å²) in [7, 11) is -8.18. The monoisotopic (exact) mass is 895 g/mol. The van der Waals surface area contributed by atoms with E-state index in [-0.39, 0.29) is 17.6 Å². The Morgan fingerprint density at radius 3 is 2.05 bits per heavy atom. The number of nitrogens with zero attached hydrogens (tertiary/aromatic N) is 2. The molecule has 1 unspecified atom stereocenters. The van der Waals surface area contributed by atoms with E-state index in [1.54, 1.807) is 0 Å². The lowest BCUT2D eigenvalue weighted by atomic mass is 9.79. The molecule has 63 heavy (non-hydrogen) atoms. The van der Waals surface area contributed by atoms with Crippen LogP contribution in [0.25, 0.3) is 21.5 Å². The molecule has 4 aromatic carbocycles. The number of benzene rings is 4. The molecule has 0 aromatic heterocycles. The lowest BCUT2D eigenvalue weighted by molar-refractivity contribution is -0.438. The van der Waals surface area contributed by atoms with Crippen molar-refractivity contribution in [1.29, 1.82) is 0 Å². The predicted octanol–water partition coefficient (Wildman–Crippen LogP) is 10.9. The van der Waals surface area contributed by atoms with Crippen LogP contribution in [0.15, 0.2) is 120 Å². The van der Waals surface area contributed by atoms with E-state index in [0.29, 0.717) is 63.8 Å². The van der Waals surface area contributed by atoms with E-state index < -0.39 is 37.2 Å². The van der Waals surface area contributed by atoms with E-state index >= 15 is 0 Å². The number of carbonyl (C=O) groups excluding carboxylic acids is 1. The minimum absolute atomic E-state index is 0.306. The number of rotatable bonds is 16. The summed E-state index contributed by atoms with van der Waals surface area (Å²) in [6.45, 7) is 13.6. The number of hydrogen-bond acceptors (Lipinski definition) is 8. The van der Waals surface area contributed by atoms with Gasteiger partial charge in [-0.3, -0.25) is 9.11 Å². The van der Waals surface area contributed by atoms with Crippen molar-refractivity contribution in [2.24, 2.45) is 0 Å². The third kappa shape index (κ3) is 9.87. The van der Waals surface area contributed by atoms with Crippen molar-refractivity contribution in [1.82, 2.24) is 0 Å². The smallest absolute Gasteiger partial charge is 0.431 e. The Bertz CT molecular complexity index is 2830. The predicted molar refractivity (Wildman–Crippen MR) is 251 cm³/mol. The Kier molecular flexibility index (Phi) is 13.3.